The molecule has 4 nitrogen and oxygen atoms in total. The molecule has 0 aliphatic rings. The summed E-state index contributed by atoms with van der Waals surface area (Å²) in [6.07, 6.45) is 1.37. The highest BCUT2D eigenvalue weighted by Gasteiger charge is 2.29. The highest BCUT2D eigenvalue weighted by Crippen LogP contribution is 2.23. The number of hydrogen-bond donors (Lipinski definition) is 1. The maximum atomic E-state index is 13.6. The van der Waals surface area contributed by atoms with Crippen LogP contribution in [0.4, 0.5) is 0 Å². The van der Waals surface area contributed by atoms with Crippen molar-refractivity contribution in [3.63, 3.8) is 0 Å². The molecule has 184 valence electrons. The van der Waals surface area contributed by atoms with Crippen molar-refractivity contribution in [3.8, 4) is 0 Å². The fraction of sp³-hybridized carbons (Fsp3) is 0.333. The van der Waals surface area contributed by atoms with Gasteiger partial charge in [-0.3, -0.25) is 9.59 Å². The average Bonchev–Trinajstić information content (AvgIpc) is 2.84. The van der Waals surface area contributed by atoms with Crippen LogP contribution in [0.15, 0.2) is 78.9 Å². The summed E-state index contributed by atoms with van der Waals surface area (Å²) in [5, 5.41) is 3.36. The second-order valence-corrected chi connectivity index (χ2v) is 10.4. The van der Waals surface area contributed by atoms with Crippen LogP contribution in [0.3, 0.4) is 0 Å². The first-order valence-electron chi connectivity index (χ1n) is 12.1. The van der Waals surface area contributed by atoms with Gasteiger partial charge in [0, 0.05) is 31.5 Å². The fourth-order valence-electron chi connectivity index (χ4n) is 4.12. The van der Waals surface area contributed by atoms with E-state index >= 15 is 0 Å². The van der Waals surface area contributed by atoms with Crippen LogP contribution in [0, 0.1) is 0 Å². The van der Waals surface area contributed by atoms with Crippen LogP contribution >= 0.6 is 11.6 Å². The number of halogens is 1. The van der Waals surface area contributed by atoms with Crippen molar-refractivity contribution in [1.29, 1.82) is 0 Å². The van der Waals surface area contributed by atoms with E-state index < -0.39 is 6.04 Å². The lowest BCUT2D eigenvalue weighted by Gasteiger charge is -2.31. The summed E-state index contributed by atoms with van der Waals surface area (Å²) in [7, 11) is 1.61. The van der Waals surface area contributed by atoms with E-state index in [1.807, 2.05) is 48.5 Å². The Morgan fingerprint density at radius 2 is 1.54 bits per heavy atom. The van der Waals surface area contributed by atoms with E-state index in [-0.39, 0.29) is 17.2 Å². The van der Waals surface area contributed by atoms with E-state index in [4.69, 9.17) is 11.6 Å². The molecule has 3 aromatic rings. The molecule has 3 rings (SSSR count). The van der Waals surface area contributed by atoms with Crippen molar-refractivity contribution in [3.05, 3.63) is 106 Å². The lowest BCUT2D eigenvalue weighted by atomic mass is 9.86. The third-order valence-corrected chi connectivity index (χ3v) is 6.44. The Balaban J connectivity index is 1.84. The van der Waals surface area contributed by atoms with Gasteiger partial charge in [-0.2, -0.15) is 0 Å². The third kappa shape index (κ3) is 7.69. The van der Waals surface area contributed by atoms with E-state index in [0.717, 1.165) is 16.7 Å². The summed E-state index contributed by atoms with van der Waals surface area (Å²) in [6.45, 7) is 6.87. The molecular formula is C30H35ClN2O2. The molecule has 0 unspecified atom stereocenters. The summed E-state index contributed by atoms with van der Waals surface area (Å²) >= 11 is 6.21. The van der Waals surface area contributed by atoms with Crippen LogP contribution in [0.1, 0.15) is 49.4 Å². The Kier molecular flexibility index (Phi) is 9.11. The topological polar surface area (TPSA) is 49.4 Å². The van der Waals surface area contributed by atoms with Crippen molar-refractivity contribution in [1.82, 2.24) is 10.2 Å². The van der Waals surface area contributed by atoms with Gasteiger partial charge in [0.1, 0.15) is 6.04 Å². The molecule has 0 aliphatic heterocycles. The molecule has 5 heteroatoms. The van der Waals surface area contributed by atoms with Gasteiger partial charge >= 0.3 is 0 Å². The van der Waals surface area contributed by atoms with E-state index in [0.29, 0.717) is 30.8 Å². The minimum Gasteiger partial charge on any atom is -0.357 e. The quantitative estimate of drug-likeness (QED) is 0.402. The zero-order valence-corrected chi connectivity index (χ0v) is 21.8. The second-order valence-electron chi connectivity index (χ2n) is 9.92. The normalized spacial score (nSPS) is 12.1. The Morgan fingerprint density at radius 1 is 0.886 bits per heavy atom. The van der Waals surface area contributed by atoms with Gasteiger partial charge in [0.25, 0.3) is 0 Å². The van der Waals surface area contributed by atoms with Gasteiger partial charge in [-0.05, 0) is 46.2 Å². The van der Waals surface area contributed by atoms with Gasteiger partial charge in [-0.15, -0.1) is 0 Å². The van der Waals surface area contributed by atoms with E-state index in [2.05, 4.69) is 50.4 Å². The van der Waals surface area contributed by atoms with Gasteiger partial charge in [0.05, 0.1) is 0 Å². The lowest BCUT2D eigenvalue weighted by molar-refractivity contribution is -0.141. The number of hydrogen-bond acceptors (Lipinski definition) is 2. The number of aryl methyl sites for hydroxylation is 1. The molecular weight excluding hydrogens is 456 g/mol. The van der Waals surface area contributed by atoms with E-state index in [1.54, 1.807) is 18.0 Å². The van der Waals surface area contributed by atoms with Crippen LogP contribution < -0.4 is 5.32 Å². The van der Waals surface area contributed by atoms with Crippen molar-refractivity contribution in [2.24, 2.45) is 0 Å². The second kappa shape index (κ2) is 12.0. The first-order valence-corrected chi connectivity index (χ1v) is 12.4. The highest BCUT2D eigenvalue weighted by molar-refractivity contribution is 6.30. The molecule has 0 spiro atoms. The van der Waals surface area contributed by atoms with Gasteiger partial charge in [0.2, 0.25) is 11.8 Å². The number of nitrogens with one attached hydrogen (secondary N) is 1. The van der Waals surface area contributed by atoms with Gasteiger partial charge in [-0.1, -0.05) is 99.1 Å². The average molecular weight is 491 g/mol. The molecule has 0 fully saturated rings. The summed E-state index contributed by atoms with van der Waals surface area (Å²) in [4.78, 5) is 28.3. The molecule has 0 saturated carbocycles. The smallest absolute Gasteiger partial charge is 0.242 e. The molecule has 3 aromatic carbocycles. The molecule has 1 atom stereocenters. The number of likely N-dealkylation sites (N-methyl/N-ethyl adjacent to an activating group) is 1. The number of nitrogens with zero attached hydrogens (tertiary/aromatic N) is 1. The molecule has 0 aromatic heterocycles. The molecule has 1 N–H and O–H groups in total. The first-order chi connectivity index (χ1) is 16.7. The fourth-order valence-corrected chi connectivity index (χ4v) is 4.33. The maximum absolute atomic E-state index is 13.6. The number of carbonyl (C=O) groups excluding carboxylic acids is 2. The SMILES string of the molecule is CNC(=O)[C@@H](Cc1ccccc1)N(Cc1cccc(Cl)c1)C(=O)CCc1ccc(C(C)(C)C)cc1. The molecule has 0 bridgehead atoms. The highest BCUT2D eigenvalue weighted by atomic mass is 35.5. The summed E-state index contributed by atoms with van der Waals surface area (Å²) < 4.78 is 0. The Labute approximate surface area is 214 Å². The molecule has 0 saturated heterocycles. The lowest BCUT2D eigenvalue weighted by Crippen LogP contribution is -2.49. The van der Waals surface area contributed by atoms with Gasteiger partial charge < -0.3 is 10.2 Å². The zero-order chi connectivity index (χ0) is 25.4. The van der Waals surface area contributed by atoms with E-state index in [9.17, 15) is 9.59 Å². The zero-order valence-electron chi connectivity index (χ0n) is 21.1. The predicted octanol–water partition coefficient (Wildman–Crippen LogP) is 5.96. The Bertz CT molecular complexity index is 1120. The number of rotatable bonds is 9. The Morgan fingerprint density at radius 3 is 2.14 bits per heavy atom. The van der Waals surface area contributed by atoms with Crippen LogP contribution in [0.5, 0.6) is 0 Å². The molecule has 35 heavy (non-hydrogen) atoms. The van der Waals surface area contributed by atoms with Gasteiger partial charge in [-0.25, -0.2) is 0 Å². The number of amides is 2. The standard InChI is InChI=1S/C30H35ClN2O2/c1-30(2,3)25-16-13-22(14-17-25)15-18-28(34)33(21-24-11-8-12-26(31)19-24)27(29(35)32-4)20-23-9-6-5-7-10-23/h5-14,16-17,19,27H,15,18,20-21H2,1-4H3,(H,32,35)/t27-/m1/s1. The summed E-state index contributed by atoms with van der Waals surface area (Å²) in [6, 6.07) is 25.1. The maximum Gasteiger partial charge on any atom is 0.242 e. The van der Waals surface area contributed by atoms with Gasteiger partial charge in [0.15, 0.2) is 0 Å². The van der Waals surface area contributed by atoms with Crippen molar-refractivity contribution in [2.75, 3.05) is 7.05 Å². The largest absolute Gasteiger partial charge is 0.357 e. The van der Waals surface area contributed by atoms with Crippen LogP contribution in [-0.4, -0.2) is 29.8 Å². The molecule has 0 heterocycles. The Hall–Kier alpha value is -3.11. The summed E-state index contributed by atoms with van der Waals surface area (Å²) in [5.74, 6) is -0.242. The van der Waals surface area contributed by atoms with Crippen molar-refractivity contribution >= 4 is 23.4 Å². The van der Waals surface area contributed by atoms with Crippen molar-refractivity contribution in [2.45, 2.75) is 58.0 Å². The third-order valence-electron chi connectivity index (χ3n) is 6.21. The van der Waals surface area contributed by atoms with Crippen LogP contribution in [-0.2, 0) is 34.4 Å². The molecule has 0 radical (unpaired) electrons. The number of carbonyl (C=O) groups is 2. The monoisotopic (exact) mass is 490 g/mol. The van der Waals surface area contributed by atoms with Crippen LogP contribution in [0.2, 0.25) is 5.02 Å². The minimum atomic E-state index is -0.628. The number of benzene rings is 3. The molecule has 0 aliphatic carbocycles. The van der Waals surface area contributed by atoms with E-state index in [1.165, 1.54) is 5.56 Å². The van der Waals surface area contributed by atoms with Crippen LogP contribution in [0.25, 0.3) is 0 Å². The molecule has 2 amide bonds. The summed E-state index contributed by atoms with van der Waals surface area (Å²) in [5.41, 5.74) is 4.34. The first kappa shape index (κ1) is 26.5. The predicted molar refractivity (Wildman–Crippen MR) is 143 cm³/mol. The minimum absolute atomic E-state index is 0.0607. The van der Waals surface area contributed by atoms with Crippen molar-refractivity contribution < 1.29 is 9.59 Å².